The van der Waals surface area contributed by atoms with Gasteiger partial charge in [0.1, 0.15) is 0 Å². The first-order valence-corrected chi connectivity index (χ1v) is 9.31. The SMILES string of the molecule is COCCn1nc(C)c(CNC(=O)Nc2ccccc2-c2ccccc2)c1C. The molecule has 1 heterocycles. The number of aryl methyl sites for hydroxylation is 1. The van der Waals surface area contributed by atoms with Crippen LogP contribution in [-0.2, 0) is 17.8 Å². The van der Waals surface area contributed by atoms with Crippen molar-refractivity contribution < 1.29 is 9.53 Å². The number of para-hydroxylation sites is 1. The number of hydrogen-bond donors (Lipinski definition) is 2. The lowest BCUT2D eigenvalue weighted by Gasteiger charge is -2.12. The Morgan fingerprint density at radius 3 is 2.54 bits per heavy atom. The highest BCUT2D eigenvalue weighted by Crippen LogP contribution is 2.27. The third-order valence-corrected chi connectivity index (χ3v) is 4.72. The monoisotopic (exact) mass is 378 g/mol. The van der Waals surface area contributed by atoms with Gasteiger partial charge in [0.25, 0.3) is 0 Å². The third kappa shape index (κ3) is 4.58. The molecule has 0 aliphatic rings. The molecule has 146 valence electrons. The lowest BCUT2D eigenvalue weighted by Crippen LogP contribution is -2.28. The zero-order valence-electron chi connectivity index (χ0n) is 16.5. The van der Waals surface area contributed by atoms with Crippen LogP contribution in [0.4, 0.5) is 10.5 Å². The van der Waals surface area contributed by atoms with Crippen LogP contribution >= 0.6 is 0 Å². The Bertz CT molecular complexity index is 935. The summed E-state index contributed by atoms with van der Waals surface area (Å²) in [5.41, 5.74) is 5.80. The van der Waals surface area contributed by atoms with E-state index in [9.17, 15) is 4.79 Å². The number of anilines is 1. The summed E-state index contributed by atoms with van der Waals surface area (Å²) in [4.78, 5) is 12.5. The number of amides is 2. The predicted molar refractivity (Wildman–Crippen MR) is 111 cm³/mol. The van der Waals surface area contributed by atoms with E-state index in [1.54, 1.807) is 7.11 Å². The second-order valence-electron chi connectivity index (χ2n) is 6.58. The van der Waals surface area contributed by atoms with Crippen molar-refractivity contribution in [2.24, 2.45) is 0 Å². The van der Waals surface area contributed by atoms with E-state index in [4.69, 9.17) is 4.74 Å². The van der Waals surface area contributed by atoms with Crippen molar-refractivity contribution in [2.45, 2.75) is 26.9 Å². The van der Waals surface area contributed by atoms with Crippen molar-refractivity contribution in [1.82, 2.24) is 15.1 Å². The Hall–Kier alpha value is -3.12. The minimum atomic E-state index is -0.244. The average molecular weight is 378 g/mol. The summed E-state index contributed by atoms with van der Waals surface area (Å²) in [5, 5.41) is 10.4. The highest BCUT2D eigenvalue weighted by Gasteiger charge is 2.13. The van der Waals surface area contributed by atoms with Crippen molar-refractivity contribution in [1.29, 1.82) is 0 Å². The number of nitrogens with one attached hydrogen (secondary N) is 2. The molecule has 6 heteroatoms. The van der Waals surface area contributed by atoms with Gasteiger partial charge >= 0.3 is 6.03 Å². The van der Waals surface area contributed by atoms with Crippen LogP contribution < -0.4 is 10.6 Å². The Kier molecular flexibility index (Phi) is 6.45. The highest BCUT2D eigenvalue weighted by atomic mass is 16.5. The van der Waals surface area contributed by atoms with Gasteiger partial charge in [-0.3, -0.25) is 4.68 Å². The van der Waals surface area contributed by atoms with Crippen LogP contribution in [0.2, 0.25) is 0 Å². The lowest BCUT2D eigenvalue weighted by atomic mass is 10.0. The second kappa shape index (κ2) is 9.19. The zero-order valence-corrected chi connectivity index (χ0v) is 16.5. The highest BCUT2D eigenvalue weighted by molar-refractivity contribution is 5.94. The molecule has 0 fully saturated rings. The van der Waals surface area contributed by atoms with E-state index in [-0.39, 0.29) is 6.03 Å². The summed E-state index contributed by atoms with van der Waals surface area (Å²) in [6.07, 6.45) is 0. The quantitative estimate of drug-likeness (QED) is 0.649. The van der Waals surface area contributed by atoms with Gasteiger partial charge in [-0.2, -0.15) is 5.10 Å². The van der Waals surface area contributed by atoms with Gasteiger partial charge < -0.3 is 15.4 Å². The molecule has 2 amide bonds. The largest absolute Gasteiger partial charge is 0.383 e. The number of urea groups is 1. The van der Waals surface area contributed by atoms with Crippen molar-refractivity contribution in [3.63, 3.8) is 0 Å². The molecule has 0 bridgehead atoms. The van der Waals surface area contributed by atoms with Crippen LogP contribution in [0.1, 0.15) is 17.0 Å². The average Bonchev–Trinajstić information content (AvgIpc) is 2.98. The fourth-order valence-electron chi connectivity index (χ4n) is 3.18. The minimum Gasteiger partial charge on any atom is -0.383 e. The number of rotatable bonds is 7. The van der Waals surface area contributed by atoms with E-state index in [1.807, 2.05) is 73.1 Å². The molecular weight excluding hydrogens is 352 g/mol. The van der Waals surface area contributed by atoms with Crippen molar-refractivity contribution in [2.75, 3.05) is 19.0 Å². The molecule has 0 radical (unpaired) electrons. The van der Waals surface area contributed by atoms with Gasteiger partial charge in [-0.15, -0.1) is 0 Å². The standard InChI is InChI=1S/C22H26N4O2/c1-16-20(17(2)26(25-16)13-14-28-3)15-23-22(27)24-21-12-8-7-11-19(21)18-9-5-4-6-10-18/h4-12H,13-15H2,1-3H3,(H2,23,24,27). The summed E-state index contributed by atoms with van der Waals surface area (Å²) in [6.45, 7) is 5.68. The fourth-order valence-corrected chi connectivity index (χ4v) is 3.18. The lowest BCUT2D eigenvalue weighted by molar-refractivity contribution is 0.182. The molecule has 0 saturated heterocycles. The number of benzene rings is 2. The molecule has 0 aliphatic heterocycles. The molecule has 6 nitrogen and oxygen atoms in total. The number of methoxy groups -OCH3 is 1. The van der Waals surface area contributed by atoms with Gasteiger partial charge in [-0.05, 0) is 25.5 Å². The molecule has 0 saturated carbocycles. The topological polar surface area (TPSA) is 68.2 Å². The first-order valence-electron chi connectivity index (χ1n) is 9.31. The van der Waals surface area contributed by atoms with Crippen molar-refractivity contribution in [3.8, 4) is 11.1 Å². The van der Waals surface area contributed by atoms with E-state index in [1.165, 1.54) is 0 Å². The van der Waals surface area contributed by atoms with Crippen LogP contribution in [0.3, 0.4) is 0 Å². The van der Waals surface area contributed by atoms with Gasteiger partial charge in [-0.25, -0.2) is 4.79 Å². The molecular formula is C22H26N4O2. The molecule has 0 unspecified atom stereocenters. The molecule has 3 aromatic rings. The fraction of sp³-hybridized carbons (Fsp3) is 0.273. The van der Waals surface area contributed by atoms with Gasteiger partial charge in [0.05, 0.1) is 24.5 Å². The molecule has 0 spiro atoms. The number of aromatic nitrogens is 2. The maximum atomic E-state index is 12.5. The summed E-state index contributed by atoms with van der Waals surface area (Å²) < 4.78 is 7.04. The Labute approximate surface area is 165 Å². The second-order valence-corrected chi connectivity index (χ2v) is 6.58. The van der Waals surface area contributed by atoms with E-state index in [0.29, 0.717) is 19.7 Å². The predicted octanol–water partition coefficient (Wildman–Crippen LogP) is 4.14. The number of carbonyl (C=O) groups excluding carboxylic acids is 1. The van der Waals surface area contributed by atoms with Crippen LogP contribution in [0, 0.1) is 13.8 Å². The maximum absolute atomic E-state index is 12.5. The Morgan fingerprint density at radius 2 is 1.79 bits per heavy atom. The first-order chi connectivity index (χ1) is 13.6. The van der Waals surface area contributed by atoms with Crippen molar-refractivity contribution >= 4 is 11.7 Å². The van der Waals surface area contributed by atoms with Gasteiger partial charge in [0.2, 0.25) is 0 Å². The summed E-state index contributed by atoms with van der Waals surface area (Å²) in [5.74, 6) is 0. The van der Waals surface area contributed by atoms with Gasteiger partial charge in [0, 0.05) is 30.5 Å². The smallest absolute Gasteiger partial charge is 0.319 e. The molecule has 0 aliphatic carbocycles. The number of carbonyl (C=O) groups is 1. The molecule has 0 atom stereocenters. The number of ether oxygens (including phenoxy) is 1. The molecule has 3 rings (SSSR count). The molecule has 2 N–H and O–H groups in total. The van der Waals surface area contributed by atoms with Crippen LogP contribution in [0.5, 0.6) is 0 Å². The van der Waals surface area contributed by atoms with E-state index in [0.717, 1.165) is 33.8 Å². The number of hydrogen-bond acceptors (Lipinski definition) is 3. The van der Waals surface area contributed by atoms with E-state index < -0.39 is 0 Å². The Balaban J connectivity index is 1.67. The van der Waals surface area contributed by atoms with Crippen LogP contribution in [-0.4, -0.2) is 29.5 Å². The molecule has 28 heavy (non-hydrogen) atoms. The minimum absolute atomic E-state index is 0.244. The summed E-state index contributed by atoms with van der Waals surface area (Å²) >= 11 is 0. The van der Waals surface area contributed by atoms with Gasteiger partial charge in [0.15, 0.2) is 0 Å². The van der Waals surface area contributed by atoms with Crippen molar-refractivity contribution in [3.05, 3.63) is 71.5 Å². The third-order valence-electron chi connectivity index (χ3n) is 4.72. The first kappa shape index (κ1) is 19.6. The van der Waals surface area contributed by atoms with E-state index in [2.05, 4.69) is 15.7 Å². The van der Waals surface area contributed by atoms with E-state index >= 15 is 0 Å². The number of nitrogens with zero attached hydrogens (tertiary/aromatic N) is 2. The maximum Gasteiger partial charge on any atom is 0.319 e. The normalized spacial score (nSPS) is 10.7. The molecule has 1 aromatic heterocycles. The van der Waals surface area contributed by atoms with Crippen LogP contribution in [0.15, 0.2) is 54.6 Å². The van der Waals surface area contributed by atoms with Crippen LogP contribution in [0.25, 0.3) is 11.1 Å². The Morgan fingerprint density at radius 1 is 1.07 bits per heavy atom. The summed E-state index contributed by atoms with van der Waals surface area (Å²) in [6, 6.07) is 17.5. The molecule has 2 aromatic carbocycles. The van der Waals surface area contributed by atoms with Gasteiger partial charge in [-0.1, -0.05) is 48.5 Å². The zero-order chi connectivity index (χ0) is 19.9. The summed E-state index contributed by atoms with van der Waals surface area (Å²) in [7, 11) is 1.67.